The Morgan fingerprint density at radius 1 is 1.04 bits per heavy atom. The van der Waals surface area contributed by atoms with E-state index >= 15 is 0 Å². The summed E-state index contributed by atoms with van der Waals surface area (Å²) in [4.78, 5) is 27.1. The molecule has 2 rings (SSSR count). The predicted molar refractivity (Wildman–Crippen MR) is 95.6 cm³/mol. The van der Waals surface area contributed by atoms with Crippen LogP contribution in [0.5, 0.6) is 0 Å². The SMILES string of the molecule is CCOC(=O)C1=C(C)N(C)C(C)=C(C(=O)OCC)C1c1cccc(F)c1. The van der Waals surface area contributed by atoms with Gasteiger partial charge in [0.15, 0.2) is 0 Å². The van der Waals surface area contributed by atoms with Gasteiger partial charge in [-0.05, 0) is 45.4 Å². The van der Waals surface area contributed by atoms with E-state index in [9.17, 15) is 14.0 Å². The second kappa shape index (κ2) is 8.17. The van der Waals surface area contributed by atoms with Crippen LogP contribution < -0.4 is 0 Å². The molecule has 0 saturated heterocycles. The number of rotatable bonds is 5. The van der Waals surface area contributed by atoms with Crippen molar-refractivity contribution in [2.24, 2.45) is 0 Å². The Bertz CT molecular complexity index is 740. The van der Waals surface area contributed by atoms with Crippen molar-refractivity contribution in [1.82, 2.24) is 4.90 Å². The molecule has 0 spiro atoms. The minimum Gasteiger partial charge on any atom is -0.463 e. The topological polar surface area (TPSA) is 55.8 Å². The van der Waals surface area contributed by atoms with Crippen LogP contribution >= 0.6 is 0 Å². The molecule has 5 nitrogen and oxygen atoms in total. The first kappa shape index (κ1) is 19.7. The second-order valence-corrected chi connectivity index (χ2v) is 5.99. The monoisotopic (exact) mass is 361 g/mol. The van der Waals surface area contributed by atoms with Crippen LogP contribution in [0.2, 0.25) is 0 Å². The summed E-state index contributed by atoms with van der Waals surface area (Å²) in [5, 5.41) is 0. The molecule has 0 saturated carbocycles. The summed E-state index contributed by atoms with van der Waals surface area (Å²) >= 11 is 0. The molecule has 0 bridgehead atoms. The Morgan fingerprint density at radius 3 is 1.96 bits per heavy atom. The summed E-state index contributed by atoms with van der Waals surface area (Å²) in [6, 6.07) is 5.89. The molecule has 6 heteroatoms. The number of benzene rings is 1. The predicted octanol–water partition coefficient (Wildman–Crippen LogP) is 3.53. The molecule has 1 aliphatic heterocycles. The Kier molecular flexibility index (Phi) is 6.18. The van der Waals surface area contributed by atoms with E-state index in [1.165, 1.54) is 12.1 Å². The van der Waals surface area contributed by atoms with Crippen molar-refractivity contribution in [3.05, 3.63) is 58.2 Å². The summed E-state index contributed by atoms with van der Waals surface area (Å²) in [5.74, 6) is -2.25. The van der Waals surface area contributed by atoms with Gasteiger partial charge in [-0.25, -0.2) is 14.0 Å². The molecule has 1 aromatic carbocycles. The molecular formula is C20H24FNO4. The first-order valence-corrected chi connectivity index (χ1v) is 8.58. The van der Waals surface area contributed by atoms with Crippen molar-refractivity contribution in [3.63, 3.8) is 0 Å². The molecular weight excluding hydrogens is 337 g/mol. The number of ether oxygens (including phenoxy) is 2. The van der Waals surface area contributed by atoms with E-state index in [4.69, 9.17) is 9.47 Å². The Hall–Kier alpha value is -2.63. The molecule has 0 aromatic heterocycles. The van der Waals surface area contributed by atoms with E-state index in [2.05, 4.69) is 0 Å². The van der Waals surface area contributed by atoms with Crippen molar-refractivity contribution in [2.75, 3.05) is 20.3 Å². The highest BCUT2D eigenvalue weighted by Gasteiger charge is 2.39. The molecule has 1 heterocycles. The fourth-order valence-electron chi connectivity index (χ4n) is 3.14. The summed E-state index contributed by atoms with van der Waals surface area (Å²) in [6.45, 7) is 7.39. The van der Waals surface area contributed by atoms with Gasteiger partial charge in [-0.2, -0.15) is 0 Å². The van der Waals surface area contributed by atoms with Gasteiger partial charge in [0.25, 0.3) is 0 Å². The third-order valence-electron chi connectivity index (χ3n) is 4.54. The van der Waals surface area contributed by atoms with E-state index in [1.54, 1.807) is 51.8 Å². The molecule has 0 N–H and O–H groups in total. The van der Waals surface area contributed by atoms with Crippen LogP contribution in [-0.2, 0) is 19.1 Å². The zero-order chi connectivity index (χ0) is 19.4. The molecule has 0 atom stereocenters. The molecule has 0 radical (unpaired) electrons. The highest BCUT2D eigenvalue weighted by molar-refractivity contribution is 5.99. The number of carbonyl (C=O) groups is 2. The fraction of sp³-hybridized carbons (Fsp3) is 0.400. The van der Waals surface area contributed by atoms with Crippen LogP contribution in [0.4, 0.5) is 4.39 Å². The van der Waals surface area contributed by atoms with Crippen LogP contribution in [0, 0.1) is 5.82 Å². The third kappa shape index (κ3) is 3.64. The number of esters is 2. The van der Waals surface area contributed by atoms with E-state index in [0.29, 0.717) is 28.1 Å². The average molecular weight is 361 g/mol. The number of carbonyl (C=O) groups excluding carboxylic acids is 2. The Morgan fingerprint density at radius 2 is 1.54 bits per heavy atom. The molecule has 0 unspecified atom stereocenters. The van der Waals surface area contributed by atoms with E-state index in [-0.39, 0.29) is 13.2 Å². The molecule has 140 valence electrons. The molecule has 26 heavy (non-hydrogen) atoms. The Labute approximate surface area is 153 Å². The highest BCUT2D eigenvalue weighted by Crippen LogP contribution is 2.42. The summed E-state index contributed by atoms with van der Waals surface area (Å²) in [7, 11) is 1.77. The highest BCUT2D eigenvalue weighted by atomic mass is 19.1. The summed E-state index contributed by atoms with van der Waals surface area (Å²) < 4.78 is 24.3. The zero-order valence-corrected chi connectivity index (χ0v) is 15.8. The minimum absolute atomic E-state index is 0.201. The first-order chi connectivity index (χ1) is 12.3. The van der Waals surface area contributed by atoms with Gasteiger partial charge in [-0.3, -0.25) is 0 Å². The Balaban J connectivity index is 2.72. The van der Waals surface area contributed by atoms with Crippen LogP contribution in [-0.4, -0.2) is 37.1 Å². The molecule has 1 aromatic rings. The normalized spacial score (nSPS) is 15.4. The van der Waals surface area contributed by atoms with Gasteiger partial charge in [0, 0.05) is 18.4 Å². The lowest BCUT2D eigenvalue weighted by Crippen LogP contribution is -2.33. The van der Waals surface area contributed by atoms with Crippen LogP contribution in [0.25, 0.3) is 0 Å². The number of hydrogen-bond acceptors (Lipinski definition) is 5. The summed E-state index contributed by atoms with van der Waals surface area (Å²) in [5.41, 5.74) is 2.44. The van der Waals surface area contributed by atoms with Crippen molar-refractivity contribution >= 4 is 11.9 Å². The molecule has 0 fully saturated rings. The van der Waals surface area contributed by atoms with Gasteiger partial charge in [-0.1, -0.05) is 12.1 Å². The maximum Gasteiger partial charge on any atom is 0.336 e. The van der Waals surface area contributed by atoms with E-state index in [0.717, 1.165) is 0 Å². The lowest BCUT2D eigenvalue weighted by molar-refractivity contribution is -0.139. The van der Waals surface area contributed by atoms with E-state index in [1.807, 2.05) is 0 Å². The lowest BCUT2D eigenvalue weighted by atomic mass is 9.80. The number of nitrogens with zero attached hydrogens (tertiary/aromatic N) is 1. The zero-order valence-electron chi connectivity index (χ0n) is 15.8. The van der Waals surface area contributed by atoms with Gasteiger partial charge in [-0.15, -0.1) is 0 Å². The van der Waals surface area contributed by atoms with Crippen molar-refractivity contribution in [2.45, 2.75) is 33.6 Å². The van der Waals surface area contributed by atoms with Crippen molar-refractivity contribution in [1.29, 1.82) is 0 Å². The van der Waals surface area contributed by atoms with E-state index < -0.39 is 23.7 Å². The maximum atomic E-state index is 13.9. The fourth-order valence-corrected chi connectivity index (χ4v) is 3.14. The van der Waals surface area contributed by atoms with Gasteiger partial charge < -0.3 is 14.4 Å². The van der Waals surface area contributed by atoms with Crippen LogP contribution in [0.1, 0.15) is 39.2 Å². The minimum atomic E-state index is -0.750. The third-order valence-corrected chi connectivity index (χ3v) is 4.54. The quantitative estimate of drug-likeness (QED) is 0.751. The number of allylic oxidation sites excluding steroid dienone is 2. The molecule has 1 aliphatic rings. The standard InChI is InChI=1S/C20H24FNO4/c1-6-25-19(23)16-12(3)22(5)13(4)17(20(24)26-7-2)18(16)14-9-8-10-15(21)11-14/h8-11,18H,6-7H2,1-5H3. The van der Waals surface area contributed by atoms with Gasteiger partial charge >= 0.3 is 11.9 Å². The molecule has 0 aliphatic carbocycles. The van der Waals surface area contributed by atoms with Gasteiger partial charge in [0.1, 0.15) is 5.82 Å². The number of halogens is 1. The first-order valence-electron chi connectivity index (χ1n) is 8.58. The largest absolute Gasteiger partial charge is 0.463 e. The second-order valence-electron chi connectivity index (χ2n) is 5.99. The average Bonchev–Trinajstić information content (AvgIpc) is 2.59. The van der Waals surface area contributed by atoms with Gasteiger partial charge in [0.2, 0.25) is 0 Å². The van der Waals surface area contributed by atoms with Crippen molar-refractivity contribution in [3.8, 4) is 0 Å². The van der Waals surface area contributed by atoms with Crippen LogP contribution in [0.3, 0.4) is 0 Å². The van der Waals surface area contributed by atoms with Crippen molar-refractivity contribution < 1.29 is 23.5 Å². The lowest BCUT2D eigenvalue weighted by Gasteiger charge is -2.35. The summed E-state index contributed by atoms with van der Waals surface area (Å²) in [6.07, 6.45) is 0. The number of hydrogen-bond donors (Lipinski definition) is 0. The molecule has 0 amide bonds. The van der Waals surface area contributed by atoms with Crippen LogP contribution in [0.15, 0.2) is 46.8 Å². The maximum absolute atomic E-state index is 13.9. The van der Waals surface area contributed by atoms with Gasteiger partial charge in [0.05, 0.1) is 30.3 Å². The smallest absolute Gasteiger partial charge is 0.336 e.